The summed E-state index contributed by atoms with van der Waals surface area (Å²) in [4.78, 5) is 35.7. The third-order valence-electron chi connectivity index (χ3n) is 3.62. The standard InChI is InChI=1S/C19H22N4O5S/c1-13(24)22-15-8-9-17(23-29(2,27)28)16(10-15)19(26)21-12-18(25)20-11-14-6-4-3-5-7-14/h3-10,23H,11-12H2,1-2H3,(H,20,25)(H,21,26)(H,22,24). The van der Waals surface area contributed by atoms with Gasteiger partial charge in [-0.05, 0) is 23.8 Å². The molecule has 2 aromatic rings. The summed E-state index contributed by atoms with van der Waals surface area (Å²) < 4.78 is 25.3. The van der Waals surface area contributed by atoms with Crippen molar-refractivity contribution < 1.29 is 22.8 Å². The number of carbonyl (C=O) groups is 3. The van der Waals surface area contributed by atoms with Crippen molar-refractivity contribution in [1.82, 2.24) is 10.6 Å². The van der Waals surface area contributed by atoms with Crippen LogP contribution in [0.2, 0.25) is 0 Å². The summed E-state index contributed by atoms with van der Waals surface area (Å²) in [5.41, 5.74) is 1.23. The van der Waals surface area contributed by atoms with Crippen LogP contribution in [0.3, 0.4) is 0 Å². The minimum absolute atomic E-state index is 0.0301. The van der Waals surface area contributed by atoms with Crippen molar-refractivity contribution >= 4 is 39.1 Å². The average molecular weight is 418 g/mol. The van der Waals surface area contributed by atoms with E-state index in [4.69, 9.17) is 0 Å². The Bertz CT molecular complexity index is 1010. The molecule has 154 valence electrons. The minimum atomic E-state index is -3.64. The molecule has 0 aliphatic carbocycles. The van der Waals surface area contributed by atoms with Gasteiger partial charge in [-0.25, -0.2) is 8.42 Å². The lowest BCUT2D eigenvalue weighted by Gasteiger charge is -2.13. The molecular formula is C19H22N4O5S. The molecule has 2 rings (SSSR count). The van der Waals surface area contributed by atoms with Crippen molar-refractivity contribution in [3.05, 3.63) is 59.7 Å². The molecule has 0 bridgehead atoms. The Kier molecular flexibility index (Phi) is 7.32. The van der Waals surface area contributed by atoms with E-state index in [0.717, 1.165) is 11.8 Å². The number of nitrogens with one attached hydrogen (secondary N) is 4. The Morgan fingerprint density at radius 2 is 1.66 bits per heavy atom. The molecule has 0 spiro atoms. The van der Waals surface area contributed by atoms with Crippen LogP contribution >= 0.6 is 0 Å². The first-order valence-electron chi connectivity index (χ1n) is 8.62. The van der Waals surface area contributed by atoms with E-state index in [2.05, 4.69) is 20.7 Å². The van der Waals surface area contributed by atoms with Gasteiger partial charge in [0.15, 0.2) is 0 Å². The van der Waals surface area contributed by atoms with Crippen LogP contribution < -0.4 is 20.7 Å². The molecule has 0 heterocycles. The fraction of sp³-hybridized carbons (Fsp3) is 0.211. The molecule has 0 saturated carbocycles. The highest BCUT2D eigenvalue weighted by Gasteiger charge is 2.16. The SMILES string of the molecule is CC(=O)Nc1ccc(NS(C)(=O)=O)c(C(=O)NCC(=O)NCc2ccccc2)c1. The Labute approximate surface area is 168 Å². The predicted octanol–water partition coefficient (Wildman–Crippen LogP) is 1.06. The lowest BCUT2D eigenvalue weighted by atomic mass is 10.1. The van der Waals surface area contributed by atoms with Gasteiger partial charge in [0.25, 0.3) is 5.91 Å². The fourth-order valence-corrected chi connectivity index (χ4v) is 2.99. The molecule has 0 unspecified atom stereocenters. The molecule has 3 amide bonds. The minimum Gasteiger partial charge on any atom is -0.350 e. The lowest BCUT2D eigenvalue weighted by Crippen LogP contribution is -2.37. The van der Waals surface area contributed by atoms with Crippen molar-refractivity contribution in [1.29, 1.82) is 0 Å². The fourth-order valence-electron chi connectivity index (χ4n) is 2.42. The summed E-state index contributed by atoms with van der Waals surface area (Å²) in [7, 11) is -3.64. The Morgan fingerprint density at radius 1 is 0.966 bits per heavy atom. The zero-order valence-electron chi connectivity index (χ0n) is 16.0. The van der Waals surface area contributed by atoms with E-state index in [-0.39, 0.29) is 23.7 Å². The maximum atomic E-state index is 12.5. The number of sulfonamides is 1. The molecule has 0 fully saturated rings. The Hall–Kier alpha value is -3.40. The summed E-state index contributed by atoms with van der Waals surface area (Å²) >= 11 is 0. The maximum absolute atomic E-state index is 12.5. The van der Waals surface area contributed by atoms with Crippen LogP contribution in [0, 0.1) is 0 Å². The Morgan fingerprint density at radius 3 is 2.28 bits per heavy atom. The smallest absolute Gasteiger partial charge is 0.253 e. The first-order valence-corrected chi connectivity index (χ1v) is 10.5. The molecule has 29 heavy (non-hydrogen) atoms. The zero-order chi connectivity index (χ0) is 21.4. The molecule has 0 radical (unpaired) electrons. The molecule has 0 saturated heterocycles. The van der Waals surface area contributed by atoms with Gasteiger partial charge in [0.2, 0.25) is 21.8 Å². The number of amides is 3. The van der Waals surface area contributed by atoms with Gasteiger partial charge in [-0.15, -0.1) is 0 Å². The van der Waals surface area contributed by atoms with Crippen molar-refractivity contribution in [2.45, 2.75) is 13.5 Å². The van der Waals surface area contributed by atoms with Crippen molar-refractivity contribution in [2.75, 3.05) is 22.8 Å². The van der Waals surface area contributed by atoms with Crippen LogP contribution in [0.15, 0.2) is 48.5 Å². The van der Waals surface area contributed by atoms with Gasteiger partial charge in [-0.2, -0.15) is 0 Å². The summed E-state index contributed by atoms with van der Waals surface area (Å²) in [6, 6.07) is 13.4. The summed E-state index contributed by atoms with van der Waals surface area (Å²) in [5, 5.41) is 7.64. The average Bonchev–Trinajstić information content (AvgIpc) is 2.65. The van der Waals surface area contributed by atoms with E-state index in [1.54, 1.807) is 0 Å². The third kappa shape index (κ3) is 7.62. The van der Waals surface area contributed by atoms with Crippen LogP contribution in [0.4, 0.5) is 11.4 Å². The first kappa shape index (κ1) is 21.9. The first-order chi connectivity index (χ1) is 13.6. The molecular weight excluding hydrogens is 396 g/mol. The number of hydrogen-bond donors (Lipinski definition) is 4. The van der Waals surface area contributed by atoms with Crippen LogP contribution in [0.1, 0.15) is 22.8 Å². The number of anilines is 2. The summed E-state index contributed by atoms with van der Waals surface area (Å²) in [5.74, 6) is -1.42. The summed E-state index contributed by atoms with van der Waals surface area (Å²) in [6.07, 6.45) is 0.952. The second kappa shape index (κ2) is 9.69. The molecule has 4 N–H and O–H groups in total. The molecule has 0 aliphatic rings. The molecule has 0 aliphatic heterocycles. The van der Waals surface area contributed by atoms with Crippen LogP contribution in [0.25, 0.3) is 0 Å². The third-order valence-corrected chi connectivity index (χ3v) is 4.21. The second-order valence-electron chi connectivity index (χ2n) is 6.26. The van der Waals surface area contributed by atoms with Gasteiger partial charge in [-0.3, -0.25) is 19.1 Å². The van der Waals surface area contributed by atoms with Gasteiger partial charge in [0.1, 0.15) is 0 Å². The molecule has 9 nitrogen and oxygen atoms in total. The van der Waals surface area contributed by atoms with E-state index in [9.17, 15) is 22.8 Å². The predicted molar refractivity (Wildman–Crippen MR) is 110 cm³/mol. The number of carbonyl (C=O) groups excluding carboxylic acids is 3. The van der Waals surface area contributed by atoms with Gasteiger partial charge in [0, 0.05) is 19.2 Å². The second-order valence-corrected chi connectivity index (χ2v) is 8.01. The summed E-state index contributed by atoms with van der Waals surface area (Å²) in [6.45, 7) is 1.32. The van der Waals surface area contributed by atoms with Crippen molar-refractivity contribution in [3.63, 3.8) is 0 Å². The largest absolute Gasteiger partial charge is 0.350 e. The highest BCUT2D eigenvalue weighted by molar-refractivity contribution is 7.92. The van der Waals surface area contributed by atoms with Gasteiger partial charge in [-0.1, -0.05) is 30.3 Å². The Balaban J connectivity index is 2.06. The van der Waals surface area contributed by atoms with Gasteiger partial charge >= 0.3 is 0 Å². The molecule has 0 aromatic heterocycles. The zero-order valence-corrected chi connectivity index (χ0v) is 16.8. The van der Waals surface area contributed by atoms with Gasteiger partial charge < -0.3 is 16.0 Å². The highest BCUT2D eigenvalue weighted by atomic mass is 32.2. The van der Waals surface area contributed by atoms with E-state index in [1.807, 2.05) is 30.3 Å². The van der Waals surface area contributed by atoms with Gasteiger partial charge in [0.05, 0.1) is 24.1 Å². The lowest BCUT2D eigenvalue weighted by molar-refractivity contribution is -0.120. The number of rotatable bonds is 8. The topological polar surface area (TPSA) is 133 Å². The van der Waals surface area contributed by atoms with Crippen LogP contribution in [0.5, 0.6) is 0 Å². The van der Waals surface area contributed by atoms with Crippen molar-refractivity contribution in [3.8, 4) is 0 Å². The quantitative estimate of drug-likeness (QED) is 0.509. The van der Waals surface area contributed by atoms with E-state index < -0.39 is 21.8 Å². The molecule has 0 atom stereocenters. The molecule has 10 heteroatoms. The van der Waals surface area contributed by atoms with E-state index >= 15 is 0 Å². The molecule has 2 aromatic carbocycles. The maximum Gasteiger partial charge on any atom is 0.253 e. The number of benzene rings is 2. The number of hydrogen-bond acceptors (Lipinski definition) is 5. The van der Waals surface area contributed by atoms with E-state index in [0.29, 0.717) is 12.2 Å². The normalized spacial score (nSPS) is 10.7. The van der Waals surface area contributed by atoms with E-state index in [1.165, 1.54) is 25.1 Å². The monoisotopic (exact) mass is 418 g/mol. The highest BCUT2D eigenvalue weighted by Crippen LogP contribution is 2.21. The van der Waals surface area contributed by atoms with Crippen LogP contribution in [-0.2, 0) is 26.2 Å². The van der Waals surface area contributed by atoms with Crippen molar-refractivity contribution in [2.24, 2.45) is 0 Å². The van der Waals surface area contributed by atoms with Crippen LogP contribution in [-0.4, -0.2) is 38.9 Å².